The number of carbonyl (C=O) groups is 1. The number of carboxylic acid groups (broad SMARTS) is 1. The molecule has 0 radical (unpaired) electrons. The topological polar surface area (TPSA) is 89.9 Å². The number of ether oxygens (including phenoxy) is 2. The van der Waals surface area contributed by atoms with Crippen LogP contribution in [-0.2, 0) is 14.6 Å². The lowest BCUT2D eigenvalue weighted by Gasteiger charge is -2.08. The molecule has 1 aliphatic rings. The molecule has 0 bridgehead atoms. The Balaban J connectivity index is 2.09. The van der Waals surface area contributed by atoms with E-state index in [0.717, 1.165) is 0 Å². The Bertz CT molecular complexity index is 911. The molecule has 0 spiro atoms. The number of carboxylic acids is 1. The molecule has 0 saturated carbocycles. The van der Waals surface area contributed by atoms with Crippen LogP contribution >= 0.6 is 27.5 Å². The molecule has 0 aliphatic carbocycles. The van der Waals surface area contributed by atoms with Gasteiger partial charge in [-0.25, -0.2) is 13.2 Å². The summed E-state index contributed by atoms with van der Waals surface area (Å²) in [5.74, 6) is -1.12. The summed E-state index contributed by atoms with van der Waals surface area (Å²) in [6, 6.07) is 8.41. The van der Waals surface area contributed by atoms with Gasteiger partial charge >= 0.3 is 12.3 Å². The fourth-order valence-electron chi connectivity index (χ4n) is 2.02. The highest BCUT2D eigenvalue weighted by atomic mass is 79.9. The van der Waals surface area contributed by atoms with E-state index in [0.29, 0.717) is 0 Å². The molecular weight excluding hydrogens is 412 g/mol. The number of sulfone groups is 1. The van der Waals surface area contributed by atoms with E-state index in [4.69, 9.17) is 26.2 Å². The van der Waals surface area contributed by atoms with Gasteiger partial charge in [0.15, 0.2) is 11.5 Å². The number of halogens is 2. The quantitative estimate of drug-likeness (QED) is 0.822. The Hall–Kier alpha value is -1.77. The van der Waals surface area contributed by atoms with Gasteiger partial charge in [-0.15, -0.1) is 0 Å². The third-order valence-corrected chi connectivity index (χ3v) is 6.01. The Labute approximate surface area is 144 Å². The molecule has 23 heavy (non-hydrogen) atoms. The molecule has 1 aliphatic heterocycles. The average Bonchev–Trinajstić information content (AvgIpc) is 2.89. The number of hydrogen-bond donors (Lipinski definition) is 1. The highest BCUT2D eigenvalue weighted by Crippen LogP contribution is 2.42. The lowest BCUT2D eigenvalue weighted by Crippen LogP contribution is -2.28. The summed E-state index contributed by atoms with van der Waals surface area (Å²) in [5.41, 5.74) is 0. The summed E-state index contributed by atoms with van der Waals surface area (Å²) in [6.07, 6.45) is -1.50. The van der Waals surface area contributed by atoms with Crippen molar-refractivity contribution in [1.29, 1.82) is 0 Å². The van der Waals surface area contributed by atoms with Crippen molar-refractivity contribution in [2.75, 3.05) is 0 Å². The van der Waals surface area contributed by atoms with E-state index < -0.39 is 22.1 Å². The molecular formula is C14H8BrClO6S. The third-order valence-electron chi connectivity index (χ3n) is 3.06. The van der Waals surface area contributed by atoms with Gasteiger partial charge in [0.1, 0.15) is 0 Å². The van der Waals surface area contributed by atoms with Crippen molar-refractivity contribution in [3.05, 3.63) is 45.9 Å². The van der Waals surface area contributed by atoms with E-state index in [2.05, 4.69) is 15.9 Å². The molecule has 2 aromatic rings. The van der Waals surface area contributed by atoms with Crippen LogP contribution in [0.2, 0.25) is 5.02 Å². The van der Waals surface area contributed by atoms with E-state index in [1.807, 2.05) is 0 Å². The van der Waals surface area contributed by atoms with Crippen molar-refractivity contribution in [3.63, 3.8) is 0 Å². The second kappa shape index (κ2) is 5.70. The minimum Gasteiger partial charge on any atom is -0.476 e. The molecule has 0 aromatic heterocycles. The summed E-state index contributed by atoms with van der Waals surface area (Å²) in [5, 5.41) is 9.18. The summed E-state index contributed by atoms with van der Waals surface area (Å²) < 4.78 is 35.8. The van der Waals surface area contributed by atoms with Crippen molar-refractivity contribution in [2.45, 2.75) is 16.1 Å². The molecule has 120 valence electrons. The first-order valence-electron chi connectivity index (χ1n) is 6.19. The Morgan fingerprint density at radius 2 is 1.83 bits per heavy atom. The zero-order valence-corrected chi connectivity index (χ0v) is 14.4. The molecule has 0 amide bonds. The minimum absolute atomic E-state index is 0.0133. The Morgan fingerprint density at radius 1 is 1.17 bits per heavy atom. The molecule has 1 atom stereocenters. The van der Waals surface area contributed by atoms with E-state index in [-0.39, 0.29) is 30.8 Å². The van der Waals surface area contributed by atoms with Crippen molar-refractivity contribution in [3.8, 4) is 11.5 Å². The van der Waals surface area contributed by atoms with Crippen LogP contribution in [0.4, 0.5) is 0 Å². The summed E-state index contributed by atoms with van der Waals surface area (Å²) in [4.78, 5) is 10.8. The predicted molar refractivity (Wildman–Crippen MR) is 83.7 cm³/mol. The summed E-state index contributed by atoms with van der Waals surface area (Å²) >= 11 is 9.00. The molecule has 3 rings (SSSR count). The summed E-state index contributed by atoms with van der Waals surface area (Å²) in [6.45, 7) is 0. The van der Waals surface area contributed by atoms with Crippen LogP contribution < -0.4 is 9.47 Å². The van der Waals surface area contributed by atoms with Gasteiger partial charge in [0.25, 0.3) is 0 Å². The number of hydrogen-bond acceptors (Lipinski definition) is 5. The second-order valence-electron chi connectivity index (χ2n) is 4.60. The van der Waals surface area contributed by atoms with Gasteiger partial charge in [-0.05, 0) is 40.2 Å². The van der Waals surface area contributed by atoms with Crippen LogP contribution in [-0.4, -0.2) is 25.8 Å². The van der Waals surface area contributed by atoms with Crippen LogP contribution in [0.25, 0.3) is 0 Å². The molecule has 1 N–H and O–H groups in total. The van der Waals surface area contributed by atoms with Crippen molar-refractivity contribution >= 4 is 43.3 Å². The minimum atomic E-state index is -3.87. The van der Waals surface area contributed by atoms with Crippen molar-refractivity contribution in [1.82, 2.24) is 0 Å². The fourth-order valence-corrected chi connectivity index (χ4v) is 4.61. The van der Waals surface area contributed by atoms with Crippen LogP contribution in [0.15, 0.2) is 50.7 Å². The molecule has 1 unspecified atom stereocenters. The predicted octanol–water partition coefficient (Wildman–Crippen LogP) is 3.12. The van der Waals surface area contributed by atoms with Gasteiger partial charge in [0, 0.05) is 15.6 Å². The molecule has 2 aromatic carbocycles. The molecule has 0 saturated heterocycles. The average molecular weight is 420 g/mol. The lowest BCUT2D eigenvalue weighted by molar-refractivity contribution is -0.154. The molecule has 1 heterocycles. The first kappa shape index (κ1) is 16.1. The van der Waals surface area contributed by atoms with Gasteiger partial charge < -0.3 is 14.6 Å². The lowest BCUT2D eigenvalue weighted by atomic mass is 10.3. The monoisotopic (exact) mass is 418 g/mol. The van der Waals surface area contributed by atoms with Crippen LogP contribution in [0.3, 0.4) is 0 Å². The van der Waals surface area contributed by atoms with Crippen LogP contribution in [0, 0.1) is 0 Å². The highest BCUT2D eigenvalue weighted by molar-refractivity contribution is 9.10. The molecule has 6 nitrogen and oxygen atoms in total. The van der Waals surface area contributed by atoms with Gasteiger partial charge in [-0.1, -0.05) is 17.7 Å². The number of aliphatic carboxylic acids is 1. The SMILES string of the molecule is O=C(O)C1Oc2cc(Br)c(S(=O)(=O)c3cccc(Cl)c3)cc2O1. The number of fused-ring (bicyclic) bond motifs is 1. The maximum Gasteiger partial charge on any atom is 0.387 e. The van der Waals surface area contributed by atoms with Crippen LogP contribution in [0.5, 0.6) is 11.5 Å². The maximum atomic E-state index is 12.7. The standard InChI is InChI=1S/C14H8BrClO6S/c15-9-5-10-11(22-14(21-10)13(17)18)6-12(9)23(19,20)8-3-1-2-7(16)4-8/h1-6,14H,(H,17,18). The second-order valence-corrected chi connectivity index (χ2v) is 7.80. The summed E-state index contributed by atoms with van der Waals surface area (Å²) in [7, 11) is -3.87. The van der Waals surface area contributed by atoms with Gasteiger partial charge in [-0.3, -0.25) is 0 Å². The number of benzene rings is 2. The first-order chi connectivity index (χ1) is 10.8. The fraction of sp³-hybridized carbons (Fsp3) is 0.0714. The van der Waals surface area contributed by atoms with Crippen molar-refractivity contribution in [2.24, 2.45) is 0 Å². The maximum absolute atomic E-state index is 12.7. The Morgan fingerprint density at radius 3 is 2.43 bits per heavy atom. The smallest absolute Gasteiger partial charge is 0.387 e. The van der Waals surface area contributed by atoms with Gasteiger partial charge in [0.05, 0.1) is 9.79 Å². The van der Waals surface area contributed by atoms with E-state index in [9.17, 15) is 13.2 Å². The van der Waals surface area contributed by atoms with E-state index in [1.54, 1.807) is 6.07 Å². The third kappa shape index (κ3) is 2.89. The van der Waals surface area contributed by atoms with Crippen molar-refractivity contribution < 1.29 is 27.8 Å². The van der Waals surface area contributed by atoms with Crippen LogP contribution in [0.1, 0.15) is 0 Å². The van der Waals surface area contributed by atoms with E-state index in [1.165, 1.54) is 30.3 Å². The van der Waals surface area contributed by atoms with Gasteiger partial charge in [0.2, 0.25) is 9.84 Å². The van der Waals surface area contributed by atoms with E-state index >= 15 is 0 Å². The zero-order chi connectivity index (χ0) is 16.8. The number of rotatable bonds is 3. The normalized spacial score (nSPS) is 16.3. The molecule has 9 heteroatoms. The first-order valence-corrected chi connectivity index (χ1v) is 8.85. The molecule has 0 fully saturated rings. The zero-order valence-electron chi connectivity index (χ0n) is 11.2. The largest absolute Gasteiger partial charge is 0.476 e. The highest BCUT2D eigenvalue weighted by Gasteiger charge is 2.33. The Kier molecular flexibility index (Phi) is 3.99. The van der Waals surface area contributed by atoms with Gasteiger partial charge in [-0.2, -0.15) is 0 Å².